The minimum Gasteiger partial charge on any atom is -0.192 e. The molecule has 0 aliphatic heterocycles. The first-order valence-electron chi connectivity index (χ1n) is 8.11. The molecule has 25 heavy (non-hydrogen) atoms. The highest BCUT2D eigenvalue weighted by molar-refractivity contribution is 5.80. The van der Waals surface area contributed by atoms with Gasteiger partial charge in [0.2, 0.25) is 0 Å². The second-order valence-corrected chi connectivity index (χ2v) is 5.65. The maximum Gasteiger partial charge on any atom is 0.101 e. The van der Waals surface area contributed by atoms with Crippen LogP contribution < -0.4 is 0 Å². The Kier molecular flexibility index (Phi) is 5.90. The molecule has 2 rings (SSSR count). The smallest absolute Gasteiger partial charge is 0.101 e. The lowest BCUT2D eigenvalue weighted by molar-refractivity contribution is 0.716. The van der Waals surface area contributed by atoms with Crippen LogP contribution in [0.15, 0.2) is 30.3 Å². The summed E-state index contributed by atoms with van der Waals surface area (Å²) in [6.07, 6.45) is 3.85. The third kappa shape index (κ3) is 3.50. The average Bonchev–Trinajstić information content (AvgIpc) is 2.66. The second kappa shape index (κ2) is 8.31. The molecule has 4 heteroatoms. The van der Waals surface area contributed by atoms with Crippen LogP contribution in [0.4, 0.5) is 0 Å². The van der Waals surface area contributed by atoms with Crippen molar-refractivity contribution in [3.05, 3.63) is 58.1 Å². The van der Waals surface area contributed by atoms with Crippen molar-refractivity contribution in [2.45, 2.75) is 32.6 Å². The Morgan fingerprint density at radius 3 is 2.00 bits per heavy atom. The topological polar surface area (TPSA) is 95.2 Å². The molecule has 0 saturated carbocycles. The van der Waals surface area contributed by atoms with Crippen LogP contribution in [0, 0.1) is 45.3 Å². The highest BCUT2D eigenvalue weighted by atomic mass is 14.3. The molecule has 0 aliphatic carbocycles. The van der Waals surface area contributed by atoms with E-state index in [1.165, 1.54) is 0 Å². The summed E-state index contributed by atoms with van der Waals surface area (Å²) < 4.78 is 0. The fourth-order valence-electron chi connectivity index (χ4n) is 2.88. The van der Waals surface area contributed by atoms with Crippen molar-refractivity contribution in [2.24, 2.45) is 0 Å². The Hall–Kier alpha value is -3.60. The van der Waals surface area contributed by atoms with E-state index in [2.05, 4.69) is 19.1 Å². The van der Waals surface area contributed by atoms with Gasteiger partial charge in [0.15, 0.2) is 0 Å². The highest BCUT2D eigenvalue weighted by Gasteiger charge is 2.18. The molecule has 0 amide bonds. The van der Waals surface area contributed by atoms with Crippen LogP contribution in [0.5, 0.6) is 0 Å². The van der Waals surface area contributed by atoms with E-state index in [1.54, 1.807) is 24.3 Å². The zero-order valence-electron chi connectivity index (χ0n) is 14.0. The standard InChI is InChI=1S/C21H16N4/c1-2-3-4-6-15-9-10-18(21(14-25)19(15)12-23)17-8-5-7-16(11-22)20(17)13-24/h5,7-10H,2-4,6H2,1H3. The van der Waals surface area contributed by atoms with Crippen LogP contribution in [0.2, 0.25) is 0 Å². The minimum atomic E-state index is 0.226. The summed E-state index contributed by atoms with van der Waals surface area (Å²) in [5, 5.41) is 37.8. The van der Waals surface area contributed by atoms with Gasteiger partial charge in [-0.25, -0.2) is 0 Å². The first-order valence-corrected chi connectivity index (χ1v) is 8.11. The zero-order valence-corrected chi connectivity index (χ0v) is 14.0. The van der Waals surface area contributed by atoms with Crippen molar-refractivity contribution in [3.8, 4) is 35.4 Å². The average molecular weight is 324 g/mol. The highest BCUT2D eigenvalue weighted by Crippen LogP contribution is 2.32. The third-order valence-corrected chi connectivity index (χ3v) is 4.15. The molecule has 0 spiro atoms. The van der Waals surface area contributed by atoms with E-state index in [-0.39, 0.29) is 16.7 Å². The molecule has 0 unspecified atom stereocenters. The summed E-state index contributed by atoms with van der Waals surface area (Å²) in [5.74, 6) is 0. The van der Waals surface area contributed by atoms with Gasteiger partial charge < -0.3 is 0 Å². The van der Waals surface area contributed by atoms with Gasteiger partial charge in [-0.15, -0.1) is 0 Å². The molecule has 120 valence electrons. The number of hydrogen-bond acceptors (Lipinski definition) is 4. The summed E-state index contributed by atoms with van der Waals surface area (Å²) in [5.41, 5.74) is 3.00. The van der Waals surface area contributed by atoms with Crippen molar-refractivity contribution >= 4 is 0 Å². The predicted molar refractivity (Wildman–Crippen MR) is 94.0 cm³/mol. The van der Waals surface area contributed by atoms with Crippen LogP contribution in [-0.4, -0.2) is 0 Å². The second-order valence-electron chi connectivity index (χ2n) is 5.65. The van der Waals surface area contributed by atoms with Crippen LogP contribution in [0.3, 0.4) is 0 Å². The number of benzene rings is 2. The van der Waals surface area contributed by atoms with Crippen LogP contribution >= 0.6 is 0 Å². The molecule has 4 nitrogen and oxygen atoms in total. The Morgan fingerprint density at radius 1 is 0.720 bits per heavy atom. The normalized spacial score (nSPS) is 9.48. The number of nitrogens with zero attached hydrogens (tertiary/aromatic N) is 4. The molecular weight excluding hydrogens is 308 g/mol. The van der Waals surface area contributed by atoms with Crippen LogP contribution in [0.25, 0.3) is 11.1 Å². The van der Waals surface area contributed by atoms with Gasteiger partial charge in [0.25, 0.3) is 0 Å². The fourth-order valence-corrected chi connectivity index (χ4v) is 2.88. The van der Waals surface area contributed by atoms with Crippen molar-refractivity contribution in [1.82, 2.24) is 0 Å². The van der Waals surface area contributed by atoms with E-state index in [9.17, 15) is 21.0 Å². The molecule has 0 N–H and O–H groups in total. The Morgan fingerprint density at radius 2 is 1.40 bits per heavy atom. The van der Waals surface area contributed by atoms with Gasteiger partial charge in [-0.2, -0.15) is 21.0 Å². The fraction of sp³-hybridized carbons (Fsp3) is 0.238. The molecule has 0 aromatic heterocycles. The Labute approximate surface area is 147 Å². The molecule has 0 aliphatic rings. The van der Waals surface area contributed by atoms with Crippen LogP contribution in [-0.2, 0) is 6.42 Å². The molecule has 0 fully saturated rings. The van der Waals surface area contributed by atoms with E-state index < -0.39 is 0 Å². The van der Waals surface area contributed by atoms with Crippen LogP contribution in [0.1, 0.15) is 54.0 Å². The third-order valence-electron chi connectivity index (χ3n) is 4.15. The van der Waals surface area contributed by atoms with E-state index in [4.69, 9.17) is 0 Å². The van der Waals surface area contributed by atoms with Gasteiger partial charge in [-0.05, 0) is 24.5 Å². The van der Waals surface area contributed by atoms with Gasteiger partial charge in [0, 0.05) is 11.1 Å². The zero-order chi connectivity index (χ0) is 18.2. The number of unbranched alkanes of at least 4 members (excludes halogenated alkanes) is 2. The lowest BCUT2D eigenvalue weighted by atomic mass is 9.88. The number of nitriles is 4. The van der Waals surface area contributed by atoms with Crippen molar-refractivity contribution in [3.63, 3.8) is 0 Å². The van der Waals surface area contributed by atoms with E-state index in [0.29, 0.717) is 16.7 Å². The molecule has 0 radical (unpaired) electrons. The molecule has 0 atom stereocenters. The quantitative estimate of drug-likeness (QED) is 0.752. The predicted octanol–water partition coefficient (Wildman–Crippen LogP) is 4.57. The summed E-state index contributed by atoms with van der Waals surface area (Å²) in [6, 6.07) is 16.9. The first kappa shape index (κ1) is 17.7. The summed E-state index contributed by atoms with van der Waals surface area (Å²) >= 11 is 0. The Bertz CT molecular complexity index is 960. The van der Waals surface area contributed by atoms with Gasteiger partial charge in [-0.3, -0.25) is 0 Å². The Balaban J connectivity index is 2.66. The van der Waals surface area contributed by atoms with E-state index in [0.717, 1.165) is 31.2 Å². The summed E-state index contributed by atoms with van der Waals surface area (Å²) in [7, 11) is 0. The van der Waals surface area contributed by atoms with Gasteiger partial charge >= 0.3 is 0 Å². The van der Waals surface area contributed by atoms with Crippen molar-refractivity contribution in [1.29, 1.82) is 21.0 Å². The van der Waals surface area contributed by atoms with E-state index >= 15 is 0 Å². The lowest BCUT2D eigenvalue weighted by Crippen LogP contribution is -1.99. The van der Waals surface area contributed by atoms with Crippen molar-refractivity contribution < 1.29 is 0 Å². The molecule has 0 bridgehead atoms. The monoisotopic (exact) mass is 324 g/mol. The lowest BCUT2D eigenvalue weighted by Gasteiger charge is -2.12. The SMILES string of the molecule is CCCCCc1ccc(-c2cccc(C#N)c2C#N)c(C#N)c1C#N. The molecule has 2 aromatic rings. The molecular formula is C21H16N4. The first-order chi connectivity index (χ1) is 12.2. The van der Waals surface area contributed by atoms with Gasteiger partial charge in [0.1, 0.15) is 24.3 Å². The number of aryl methyl sites for hydroxylation is 1. The van der Waals surface area contributed by atoms with Gasteiger partial charge in [0.05, 0.1) is 22.3 Å². The molecule has 0 saturated heterocycles. The summed E-state index contributed by atoms with van der Waals surface area (Å²) in [4.78, 5) is 0. The largest absolute Gasteiger partial charge is 0.192 e. The molecule has 0 heterocycles. The van der Waals surface area contributed by atoms with Crippen molar-refractivity contribution in [2.75, 3.05) is 0 Å². The minimum absolute atomic E-state index is 0.226. The molecule has 2 aromatic carbocycles. The number of rotatable bonds is 5. The van der Waals surface area contributed by atoms with Gasteiger partial charge in [-0.1, -0.05) is 44.0 Å². The van der Waals surface area contributed by atoms with E-state index in [1.807, 2.05) is 18.2 Å². The summed E-state index contributed by atoms with van der Waals surface area (Å²) in [6.45, 7) is 2.11. The maximum atomic E-state index is 9.63. The maximum absolute atomic E-state index is 9.63. The number of hydrogen-bond donors (Lipinski definition) is 0.